The first-order valence-electron chi connectivity index (χ1n) is 13.9. The van der Waals surface area contributed by atoms with E-state index in [4.69, 9.17) is 4.74 Å². The number of alkyl halides is 6. The summed E-state index contributed by atoms with van der Waals surface area (Å²) in [4.78, 5) is 11.9. The lowest BCUT2D eigenvalue weighted by Crippen LogP contribution is -2.38. The minimum Gasteiger partial charge on any atom is -0.388 e. The van der Waals surface area contributed by atoms with E-state index in [-0.39, 0.29) is 47.5 Å². The molecule has 2 fully saturated rings. The average molecular weight is 585 g/mol. The van der Waals surface area contributed by atoms with Crippen LogP contribution in [0.4, 0.5) is 30.7 Å². The van der Waals surface area contributed by atoms with Crippen LogP contribution < -0.4 is 0 Å². The fraction of sp³-hybridized carbons (Fsp3) is 0.516. The van der Waals surface area contributed by atoms with Crippen LogP contribution in [0, 0.1) is 23.6 Å². The van der Waals surface area contributed by atoms with Crippen LogP contribution in [0.5, 0.6) is 0 Å². The van der Waals surface area contributed by atoms with Crippen molar-refractivity contribution in [2.45, 2.75) is 82.0 Å². The number of allylic oxidation sites excluding steroid dienone is 1. The van der Waals surface area contributed by atoms with Crippen LogP contribution in [-0.2, 0) is 28.5 Å². The summed E-state index contributed by atoms with van der Waals surface area (Å²) in [5, 5.41) is 10.4. The van der Waals surface area contributed by atoms with Crippen molar-refractivity contribution in [2.24, 2.45) is 17.8 Å². The summed E-state index contributed by atoms with van der Waals surface area (Å²) in [7, 11) is 0. The molecule has 0 aliphatic heterocycles. The molecule has 0 spiro atoms. The second-order valence-electron chi connectivity index (χ2n) is 11.5. The van der Waals surface area contributed by atoms with Crippen molar-refractivity contribution in [1.29, 1.82) is 0 Å². The normalized spacial score (nSPS) is 29.2. The smallest absolute Gasteiger partial charge is 0.388 e. The molecule has 222 valence electrons. The van der Waals surface area contributed by atoms with Crippen LogP contribution >= 0.6 is 0 Å². The van der Waals surface area contributed by atoms with Crippen molar-refractivity contribution in [3.8, 4) is 0 Å². The third-order valence-corrected chi connectivity index (χ3v) is 8.91. The summed E-state index contributed by atoms with van der Waals surface area (Å²) in [5.41, 5.74) is -1.42. The van der Waals surface area contributed by atoms with Gasteiger partial charge in [-0.25, -0.2) is 4.39 Å². The molecule has 3 aliphatic rings. The molecule has 10 heteroatoms. The molecule has 3 nitrogen and oxygen atoms in total. The van der Waals surface area contributed by atoms with E-state index in [1.165, 1.54) is 12.1 Å². The number of halogens is 7. The zero-order chi connectivity index (χ0) is 29.5. The van der Waals surface area contributed by atoms with Gasteiger partial charge in [-0.15, -0.1) is 0 Å². The number of carbonyl (C=O) groups is 1. The molecule has 0 amide bonds. The van der Waals surface area contributed by atoms with Gasteiger partial charge >= 0.3 is 12.4 Å². The van der Waals surface area contributed by atoms with Crippen LogP contribution in [0.25, 0.3) is 0 Å². The topological polar surface area (TPSA) is 46.5 Å². The fourth-order valence-electron chi connectivity index (χ4n) is 7.11. The lowest BCUT2D eigenvalue weighted by molar-refractivity contribution is -0.143. The molecule has 0 saturated heterocycles. The van der Waals surface area contributed by atoms with Gasteiger partial charge in [0.05, 0.1) is 29.9 Å². The molecule has 2 saturated carbocycles. The molecule has 2 aromatic rings. The van der Waals surface area contributed by atoms with Crippen molar-refractivity contribution in [2.75, 3.05) is 0 Å². The van der Waals surface area contributed by atoms with Gasteiger partial charge in [-0.05, 0) is 103 Å². The Balaban J connectivity index is 1.41. The molecule has 0 bridgehead atoms. The first-order chi connectivity index (χ1) is 19.3. The Morgan fingerprint density at radius 3 is 2.12 bits per heavy atom. The highest BCUT2D eigenvalue weighted by atomic mass is 19.4. The van der Waals surface area contributed by atoms with Gasteiger partial charge < -0.3 is 9.84 Å². The summed E-state index contributed by atoms with van der Waals surface area (Å²) in [5.74, 6) is -0.417. The number of carbonyl (C=O) groups excluding carboxylic acids is 1. The van der Waals surface area contributed by atoms with Gasteiger partial charge in [-0.1, -0.05) is 18.6 Å². The molecule has 1 N–H and O–H groups in total. The minimum atomic E-state index is -4.95. The van der Waals surface area contributed by atoms with Gasteiger partial charge in [0, 0.05) is 12.3 Å². The fourth-order valence-corrected chi connectivity index (χ4v) is 7.11. The first-order valence-corrected chi connectivity index (χ1v) is 13.9. The number of hydrogen-bond donors (Lipinski definition) is 1. The summed E-state index contributed by atoms with van der Waals surface area (Å²) < 4.78 is 100. The summed E-state index contributed by atoms with van der Waals surface area (Å²) in [6.45, 7) is -0.434. The molecule has 41 heavy (non-hydrogen) atoms. The number of ketones is 1. The summed E-state index contributed by atoms with van der Waals surface area (Å²) in [6, 6.07) is 7.47. The summed E-state index contributed by atoms with van der Waals surface area (Å²) in [6.07, 6.45) is -5.11. The SMILES string of the molecule is O=C1C=C(C2CCC[C@@H]3[C@H](CC[C@H](OCc4cc(C(F)(F)F)cc(C(F)(F)F)c4)[C@H]3c3ccc(F)cc3)C2)C(O)C1. The predicted octanol–water partition coefficient (Wildman–Crippen LogP) is 8.01. The Bertz CT molecular complexity index is 1250. The van der Waals surface area contributed by atoms with Crippen LogP contribution in [-0.4, -0.2) is 23.1 Å². The number of aliphatic hydroxyl groups is 1. The standard InChI is InChI=1S/C31H31F7O3/c32-23-7-4-18(5-8-23)29-25-3-1-2-19(26-14-24(39)15-27(26)40)12-20(25)6-9-28(29)41-16-17-10-21(30(33,34)35)13-22(11-17)31(36,37)38/h4-5,7-8,10-11,13-14,19-20,25,27-29,40H,1-3,6,9,12,15-16H2/t19?,20-,25-,27?,28+,29+/m1/s1. The highest BCUT2D eigenvalue weighted by Crippen LogP contribution is 2.51. The minimum absolute atomic E-state index is 0.0590. The van der Waals surface area contributed by atoms with Gasteiger partial charge in [0.2, 0.25) is 0 Å². The van der Waals surface area contributed by atoms with Crippen molar-refractivity contribution in [3.05, 3.63) is 82.2 Å². The molecule has 6 atom stereocenters. The highest BCUT2D eigenvalue weighted by molar-refractivity contribution is 5.94. The van der Waals surface area contributed by atoms with E-state index in [2.05, 4.69) is 0 Å². The molecule has 2 aromatic carbocycles. The Kier molecular flexibility index (Phi) is 8.36. The van der Waals surface area contributed by atoms with E-state index in [1.807, 2.05) is 0 Å². The Morgan fingerprint density at radius 1 is 0.878 bits per heavy atom. The maximum Gasteiger partial charge on any atom is 0.416 e. The van der Waals surface area contributed by atoms with Gasteiger partial charge in [0.15, 0.2) is 5.78 Å². The van der Waals surface area contributed by atoms with Crippen LogP contribution in [0.15, 0.2) is 54.1 Å². The highest BCUT2D eigenvalue weighted by Gasteiger charge is 2.44. The number of rotatable bonds is 5. The number of hydrogen-bond acceptors (Lipinski definition) is 3. The number of ether oxygens (including phenoxy) is 1. The van der Waals surface area contributed by atoms with E-state index in [9.17, 15) is 40.6 Å². The van der Waals surface area contributed by atoms with E-state index in [0.717, 1.165) is 43.2 Å². The van der Waals surface area contributed by atoms with Gasteiger partial charge in [0.1, 0.15) is 5.82 Å². The molecular formula is C31H31F7O3. The lowest BCUT2D eigenvalue weighted by Gasteiger charge is -2.43. The summed E-state index contributed by atoms with van der Waals surface area (Å²) >= 11 is 0. The quantitative estimate of drug-likeness (QED) is 0.362. The third kappa shape index (κ3) is 6.69. The largest absolute Gasteiger partial charge is 0.416 e. The van der Waals surface area contributed by atoms with Gasteiger partial charge in [-0.2, -0.15) is 26.3 Å². The second kappa shape index (κ2) is 11.5. The van der Waals surface area contributed by atoms with Crippen LogP contribution in [0.2, 0.25) is 0 Å². The van der Waals surface area contributed by atoms with Crippen LogP contribution in [0.1, 0.15) is 73.1 Å². The van der Waals surface area contributed by atoms with Gasteiger partial charge in [0.25, 0.3) is 0 Å². The monoisotopic (exact) mass is 584 g/mol. The van der Waals surface area contributed by atoms with Crippen molar-refractivity contribution >= 4 is 5.78 Å². The van der Waals surface area contributed by atoms with E-state index >= 15 is 0 Å². The van der Waals surface area contributed by atoms with Gasteiger partial charge in [-0.3, -0.25) is 4.79 Å². The number of benzene rings is 2. The molecule has 0 radical (unpaired) electrons. The second-order valence-corrected chi connectivity index (χ2v) is 11.5. The Hall–Kier alpha value is -2.72. The molecule has 2 unspecified atom stereocenters. The maximum atomic E-state index is 13.8. The predicted molar refractivity (Wildman–Crippen MR) is 136 cm³/mol. The number of aliphatic hydroxyl groups excluding tert-OH is 1. The third-order valence-electron chi connectivity index (χ3n) is 8.91. The van der Waals surface area contributed by atoms with Crippen molar-refractivity contribution < 1.29 is 45.4 Å². The molecule has 0 heterocycles. The van der Waals surface area contributed by atoms with Crippen LogP contribution in [0.3, 0.4) is 0 Å². The zero-order valence-corrected chi connectivity index (χ0v) is 22.1. The molecular weight excluding hydrogens is 553 g/mol. The van der Waals surface area contributed by atoms with E-state index in [0.29, 0.717) is 18.6 Å². The number of fused-ring (bicyclic) bond motifs is 1. The molecule has 0 aromatic heterocycles. The van der Waals surface area contributed by atoms with E-state index < -0.39 is 48.1 Å². The lowest BCUT2D eigenvalue weighted by atomic mass is 9.65. The molecule has 3 aliphatic carbocycles. The Morgan fingerprint density at radius 2 is 1.54 bits per heavy atom. The Labute approximate surface area is 233 Å². The van der Waals surface area contributed by atoms with E-state index in [1.54, 1.807) is 18.2 Å². The first kappa shape index (κ1) is 29.8. The van der Waals surface area contributed by atoms with Crippen molar-refractivity contribution in [1.82, 2.24) is 0 Å². The average Bonchev–Trinajstić information content (AvgIpc) is 3.10. The molecule has 5 rings (SSSR count). The zero-order valence-electron chi connectivity index (χ0n) is 22.1. The van der Waals surface area contributed by atoms with Crippen molar-refractivity contribution in [3.63, 3.8) is 0 Å². The maximum absolute atomic E-state index is 13.8.